The molecular formula is C17H20ClN3O4S. The monoisotopic (exact) mass is 397 g/mol. The molecule has 0 unspecified atom stereocenters. The van der Waals surface area contributed by atoms with Crippen molar-refractivity contribution in [2.24, 2.45) is 4.99 Å². The lowest BCUT2D eigenvalue weighted by Crippen LogP contribution is -2.39. The Balaban J connectivity index is 1.61. The van der Waals surface area contributed by atoms with Gasteiger partial charge in [-0.05, 0) is 18.6 Å². The van der Waals surface area contributed by atoms with Gasteiger partial charge >= 0.3 is 0 Å². The summed E-state index contributed by atoms with van der Waals surface area (Å²) in [5.74, 6) is -0.0650. The molecule has 1 aromatic carbocycles. The first-order valence-corrected chi connectivity index (χ1v) is 9.49. The van der Waals surface area contributed by atoms with Crippen molar-refractivity contribution in [1.82, 2.24) is 4.90 Å². The van der Waals surface area contributed by atoms with E-state index in [0.717, 1.165) is 5.56 Å². The average Bonchev–Trinajstić information content (AvgIpc) is 2.99. The van der Waals surface area contributed by atoms with Crippen molar-refractivity contribution in [3.63, 3.8) is 0 Å². The van der Waals surface area contributed by atoms with E-state index in [1.807, 2.05) is 11.8 Å². The maximum atomic E-state index is 12.4. The minimum absolute atomic E-state index is 0.0473. The SMILES string of the molecule is COc1cc(Cl)c(C)cc1NC(=O)C[C@H]1SC(N2CCOCC2)=NC1=O. The third-order valence-electron chi connectivity index (χ3n) is 4.14. The van der Waals surface area contributed by atoms with Crippen LogP contribution in [-0.2, 0) is 14.3 Å². The molecule has 26 heavy (non-hydrogen) atoms. The van der Waals surface area contributed by atoms with E-state index in [2.05, 4.69) is 10.3 Å². The average molecular weight is 398 g/mol. The number of ether oxygens (including phenoxy) is 2. The second-order valence-corrected chi connectivity index (χ2v) is 7.57. The van der Waals surface area contributed by atoms with Crippen molar-refractivity contribution in [3.05, 3.63) is 22.7 Å². The molecule has 2 aliphatic heterocycles. The molecule has 2 aliphatic rings. The van der Waals surface area contributed by atoms with Gasteiger partial charge in [0, 0.05) is 30.6 Å². The molecule has 2 heterocycles. The number of methoxy groups -OCH3 is 1. The lowest BCUT2D eigenvalue weighted by Gasteiger charge is -2.27. The third kappa shape index (κ3) is 4.31. The first-order chi connectivity index (χ1) is 12.5. The number of anilines is 1. The highest BCUT2D eigenvalue weighted by Gasteiger charge is 2.33. The van der Waals surface area contributed by atoms with Gasteiger partial charge in [-0.2, -0.15) is 4.99 Å². The molecule has 3 rings (SSSR count). The number of carbonyl (C=O) groups is 2. The Morgan fingerprint density at radius 2 is 2.19 bits per heavy atom. The summed E-state index contributed by atoms with van der Waals surface area (Å²) in [6.07, 6.45) is 0.0473. The summed E-state index contributed by atoms with van der Waals surface area (Å²) in [7, 11) is 1.51. The molecule has 0 radical (unpaired) electrons. The number of thioether (sulfide) groups is 1. The van der Waals surface area contributed by atoms with Crippen molar-refractivity contribution in [2.45, 2.75) is 18.6 Å². The Morgan fingerprint density at radius 3 is 2.88 bits per heavy atom. The van der Waals surface area contributed by atoms with E-state index >= 15 is 0 Å². The molecule has 140 valence electrons. The van der Waals surface area contributed by atoms with E-state index in [4.69, 9.17) is 21.1 Å². The van der Waals surface area contributed by atoms with Crippen molar-refractivity contribution in [1.29, 1.82) is 0 Å². The van der Waals surface area contributed by atoms with Gasteiger partial charge in [-0.1, -0.05) is 23.4 Å². The van der Waals surface area contributed by atoms with Gasteiger partial charge in [-0.3, -0.25) is 9.59 Å². The number of halogens is 1. The lowest BCUT2D eigenvalue weighted by molar-refractivity contribution is -0.121. The second kappa shape index (κ2) is 8.28. The molecule has 1 aromatic rings. The lowest BCUT2D eigenvalue weighted by atomic mass is 10.2. The van der Waals surface area contributed by atoms with Crippen LogP contribution >= 0.6 is 23.4 Å². The van der Waals surface area contributed by atoms with Crippen LogP contribution in [0.25, 0.3) is 0 Å². The molecule has 1 N–H and O–H groups in total. The fourth-order valence-corrected chi connectivity index (χ4v) is 3.97. The van der Waals surface area contributed by atoms with E-state index < -0.39 is 5.25 Å². The van der Waals surface area contributed by atoms with E-state index in [1.54, 1.807) is 12.1 Å². The van der Waals surface area contributed by atoms with Crippen molar-refractivity contribution in [3.8, 4) is 5.75 Å². The summed E-state index contributed by atoms with van der Waals surface area (Å²) < 4.78 is 10.6. The zero-order chi connectivity index (χ0) is 18.7. The van der Waals surface area contributed by atoms with Gasteiger partial charge in [0.1, 0.15) is 11.0 Å². The Kier molecular flexibility index (Phi) is 6.05. The molecule has 1 saturated heterocycles. The van der Waals surface area contributed by atoms with E-state index in [1.165, 1.54) is 18.9 Å². The Morgan fingerprint density at radius 1 is 1.46 bits per heavy atom. The number of benzene rings is 1. The first kappa shape index (κ1) is 19.0. The molecule has 7 nitrogen and oxygen atoms in total. The Labute approximate surface area is 161 Å². The summed E-state index contributed by atoms with van der Waals surface area (Å²) in [6.45, 7) is 4.50. The van der Waals surface area contributed by atoms with Gasteiger partial charge in [0.05, 0.1) is 26.0 Å². The van der Waals surface area contributed by atoms with Crippen LogP contribution in [0.5, 0.6) is 5.75 Å². The first-order valence-electron chi connectivity index (χ1n) is 8.24. The maximum Gasteiger partial charge on any atom is 0.262 e. The molecular weight excluding hydrogens is 378 g/mol. The van der Waals surface area contributed by atoms with Crippen LogP contribution in [-0.4, -0.2) is 60.5 Å². The van der Waals surface area contributed by atoms with Crippen LogP contribution < -0.4 is 10.1 Å². The zero-order valence-electron chi connectivity index (χ0n) is 14.6. The van der Waals surface area contributed by atoms with Crippen LogP contribution in [0, 0.1) is 6.92 Å². The van der Waals surface area contributed by atoms with E-state index in [-0.39, 0.29) is 18.2 Å². The normalized spacial score (nSPS) is 20.1. The number of nitrogens with one attached hydrogen (secondary N) is 1. The number of morpholine rings is 1. The summed E-state index contributed by atoms with van der Waals surface area (Å²) in [6, 6.07) is 3.40. The molecule has 0 aliphatic carbocycles. The summed E-state index contributed by atoms with van der Waals surface area (Å²) in [5.41, 5.74) is 1.36. The Hall–Kier alpha value is -1.77. The van der Waals surface area contributed by atoms with E-state index in [9.17, 15) is 9.59 Å². The van der Waals surface area contributed by atoms with Crippen LogP contribution in [0.4, 0.5) is 5.69 Å². The second-order valence-electron chi connectivity index (χ2n) is 5.99. The predicted molar refractivity (Wildman–Crippen MR) is 102 cm³/mol. The molecule has 0 spiro atoms. The molecule has 1 fully saturated rings. The smallest absolute Gasteiger partial charge is 0.262 e. The third-order valence-corrected chi connectivity index (χ3v) is 5.76. The molecule has 0 bridgehead atoms. The minimum Gasteiger partial charge on any atom is -0.495 e. The van der Waals surface area contributed by atoms with Crippen molar-refractivity contribution in [2.75, 3.05) is 38.7 Å². The van der Waals surface area contributed by atoms with E-state index in [0.29, 0.717) is 47.9 Å². The summed E-state index contributed by atoms with van der Waals surface area (Å²) >= 11 is 7.42. The van der Waals surface area contributed by atoms with Gasteiger partial charge in [0.25, 0.3) is 5.91 Å². The highest BCUT2D eigenvalue weighted by molar-refractivity contribution is 8.15. The van der Waals surface area contributed by atoms with Crippen molar-refractivity contribution < 1.29 is 19.1 Å². The van der Waals surface area contributed by atoms with Crippen LogP contribution in [0.15, 0.2) is 17.1 Å². The van der Waals surface area contributed by atoms with Crippen LogP contribution in [0.1, 0.15) is 12.0 Å². The zero-order valence-corrected chi connectivity index (χ0v) is 16.2. The number of amidine groups is 1. The number of hydrogen-bond donors (Lipinski definition) is 1. The van der Waals surface area contributed by atoms with Gasteiger partial charge in [-0.15, -0.1) is 0 Å². The molecule has 0 saturated carbocycles. The minimum atomic E-state index is -0.507. The highest BCUT2D eigenvalue weighted by Crippen LogP contribution is 2.32. The van der Waals surface area contributed by atoms with Gasteiger partial charge < -0.3 is 19.7 Å². The number of hydrogen-bond acceptors (Lipinski definition) is 6. The highest BCUT2D eigenvalue weighted by atomic mass is 35.5. The number of nitrogens with zero attached hydrogens (tertiary/aromatic N) is 2. The standard InChI is InChI=1S/C17H20ClN3O4S/c1-10-7-12(13(24-2)8-11(10)18)19-15(22)9-14-16(23)20-17(26-14)21-3-5-25-6-4-21/h7-8,14H,3-6,9H2,1-2H3,(H,19,22)/t14-/m1/s1. The molecule has 9 heteroatoms. The summed E-state index contributed by atoms with van der Waals surface area (Å²) in [4.78, 5) is 30.7. The molecule has 1 atom stereocenters. The quantitative estimate of drug-likeness (QED) is 0.839. The maximum absolute atomic E-state index is 12.4. The largest absolute Gasteiger partial charge is 0.495 e. The Bertz CT molecular complexity index is 750. The number of carbonyl (C=O) groups excluding carboxylic acids is 2. The number of aryl methyl sites for hydroxylation is 1. The molecule has 2 amide bonds. The van der Waals surface area contributed by atoms with Gasteiger partial charge in [-0.25, -0.2) is 0 Å². The number of rotatable bonds is 4. The summed E-state index contributed by atoms with van der Waals surface area (Å²) in [5, 5.41) is 3.53. The fraction of sp³-hybridized carbons (Fsp3) is 0.471. The fourth-order valence-electron chi connectivity index (χ4n) is 2.70. The van der Waals surface area contributed by atoms with Crippen LogP contribution in [0.3, 0.4) is 0 Å². The predicted octanol–water partition coefficient (Wildman–Crippen LogP) is 2.32. The molecule has 0 aromatic heterocycles. The van der Waals surface area contributed by atoms with Gasteiger partial charge in [0.2, 0.25) is 5.91 Å². The van der Waals surface area contributed by atoms with Gasteiger partial charge in [0.15, 0.2) is 5.17 Å². The van der Waals surface area contributed by atoms with Crippen molar-refractivity contribution >= 4 is 46.0 Å². The number of amides is 2. The topological polar surface area (TPSA) is 80.2 Å². The number of aliphatic imine (C=N–C) groups is 1. The van der Waals surface area contributed by atoms with Crippen LogP contribution in [0.2, 0.25) is 5.02 Å².